The number of thiazole rings is 1. The second-order valence-corrected chi connectivity index (χ2v) is 5.81. The van der Waals surface area contributed by atoms with Gasteiger partial charge in [0.15, 0.2) is 5.13 Å². The minimum absolute atomic E-state index is 0.245. The van der Waals surface area contributed by atoms with Gasteiger partial charge in [0.05, 0.1) is 19.2 Å². The highest BCUT2D eigenvalue weighted by Crippen LogP contribution is 2.18. The Hall–Kier alpha value is -1.14. The predicted octanol–water partition coefficient (Wildman–Crippen LogP) is 1.75. The molecule has 0 aromatic carbocycles. The molecule has 1 N–H and O–H groups in total. The molecule has 6 heteroatoms. The first-order valence-corrected chi connectivity index (χ1v) is 7.55. The summed E-state index contributed by atoms with van der Waals surface area (Å²) in [5, 5.41) is 6.18. The van der Waals surface area contributed by atoms with Gasteiger partial charge in [-0.25, -0.2) is 4.98 Å². The molecule has 1 aliphatic heterocycles. The molecule has 0 aliphatic carbocycles. The number of carbonyl (C=O) groups is 1. The van der Waals surface area contributed by atoms with Gasteiger partial charge < -0.3 is 15.0 Å². The normalized spacial score (nSPS) is 17.4. The molecule has 0 bridgehead atoms. The summed E-state index contributed by atoms with van der Waals surface area (Å²) in [5.41, 5.74) is 0.771. The minimum Gasteiger partial charge on any atom is -0.469 e. The van der Waals surface area contributed by atoms with Crippen LogP contribution >= 0.6 is 11.3 Å². The van der Waals surface area contributed by atoms with E-state index in [9.17, 15) is 4.79 Å². The molecule has 0 saturated carbocycles. The third kappa shape index (κ3) is 4.47. The first-order valence-electron chi connectivity index (χ1n) is 6.67. The lowest BCUT2D eigenvalue weighted by Crippen LogP contribution is -2.32. The zero-order valence-electron chi connectivity index (χ0n) is 11.5. The van der Waals surface area contributed by atoms with Gasteiger partial charge in [-0.2, -0.15) is 0 Å². The standard InChI is InChI=1S/C13H21N3O2S/c1-10(8-16-5-3-4-6-16)14-13-15-11(9-19-13)7-12(17)18-2/h9-10H,3-8H2,1-2H3,(H,14,15). The number of nitrogens with zero attached hydrogens (tertiary/aromatic N) is 2. The molecule has 2 heterocycles. The molecule has 0 amide bonds. The van der Waals surface area contributed by atoms with Crippen LogP contribution in [0, 0.1) is 0 Å². The maximum Gasteiger partial charge on any atom is 0.311 e. The molecule has 1 unspecified atom stereocenters. The van der Waals surface area contributed by atoms with E-state index in [1.807, 2.05) is 5.38 Å². The van der Waals surface area contributed by atoms with Crippen molar-refractivity contribution in [3.05, 3.63) is 11.1 Å². The average Bonchev–Trinajstić information content (AvgIpc) is 3.01. The quantitative estimate of drug-likeness (QED) is 0.806. The van der Waals surface area contributed by atoms with Crippen LogP contribution in [0.3, 0.4) is 0 Å². The molecule has 2 rings (SSSR count). The lowest BCUT2D eigenvalue weighted by atomic mass is 10.3. The smallest absolute Gasteiger partial charge is 0.311 e. The van der Waals surface area contributed by atoms with Gasteiger partial charge in [0.25, 0.3) is 0 Å². The van der Waals surface area contributed by atoms with E-state index >= 15 is 0 Å². The van der Waals surface area contributed by atoms with E-state index in [0.29, 0.717) is 6.04 Å². The van der Waals surface area contributed by atoms with Crippen LogP contribution in [0.25, 0.3) is 0 Å². The van der Waals surface area contributed by atoms with Crippen LogP contribution < -0.4 is 5.32 Å². The number of carbonyl (C=O) groups excluding carboxylic acids is 1. The first kappa shape index (κ1) is 14.3. The fraction of sp³-hybridized carbons (Fsp3) is 0.692. The third-order valence-electron chi connectivity index (χ3n) is 3.21. The molecule has 1 atom stereocenters. The van der Waals surface area contributed by atoms with Crippen LogP contribution in [0.2, 0.25) is 0 Å². The SMILES string of the molecule is COC(=O)Cc1csc(NC(C)CN2CCCC2)n1. The Balaban J connectivity index is 1.79. The summed E-state index contributed by atoms with van der Waals surface area (Å²) in [5.74, 6) is -0.248. The van der Waals surface area contributed by atoms with Gasteiger partial charge in [0, 0.05) is 18.0 Å². The molecule has 1 aliphatic rings. The van der Waals surface area contributed by atoms with E-state index in [4.69, 9.17) is 0 Å². The van der Waals surface area contributed by atoms with Gasteiger partial charge in [0.1, 0.15) is 0 Å². The molecule has 106 valence electrons. The molecular formula is C13H21N3O2S. The van der Waals surface area contributed by atoms with Crippen molar-refractivity contribution < 1.29 is 9.53 Å². The first-order chi connectivity index (χ1) is 9.17. The highest BCUT2D eigenvalue weighted by atomic mass is 32.1. The van der Waals surface area contributed by atoms with E-state index in [1.165, 1.54) is 44.4 Å². The number of esters is 1. The lowest BCUT2D eigenvalue weighted by Gasteiger charge is -2.20. The molecule has 1 saturated heterocycles. The van der Waals surface area contributed by atoms with Crippen molar-refractivity contribution in [2.24, 2.45) is 0 Å². The summed E-state index contributed by atoms with van der Waals surface area (Å²) < 4.78 is 4.63. The van der Waals surface area contributed by atoms with Crippen LogP contribution in [-0.4, -0.2) is 48.6 Å². The van der Waals surface area contributed by atoms with Gasteiger partial charge in [-0.15, -0.1) is 11.3 Å². The fourth-order valence-electron chi connectivity index (χ4n) is 2.28. The maximum absolute atomic E-state index is 11.2. The summed E-state index contributed by atoms with van der Waals surface area (Å²) in [4.78, 5) is 18.0. The Morgan fingerprint density at radius 2 is 2.32 bits per heavy atom. The van der Waals surface area contributed by atoms with Gasteiger partial charge in [-0.05, 0) is 32.9 Å². The number of methoxy groups -OCH3 is 1. The number of nitrogens with one attached hydrogen (secondary N) is 1. The highest BCUT2D eigenvalue weighted by molar-refractivity contribution is 7.13. The Kier molecular flexibility index (Phi) is 5.15. The number of anilines is 1. The average molecular weight is 283 g/mol. The van der Waals surface area contributed by atoms with Crippen LogP contribution in [0.1, 0.15) is 25.5 Å². The van der Waals surface area contributed by atoms with Crippen molar-refractivity contribution in [2.75, 3.05) is 32.1 Å². The second kappa shape index (κ2) is 6.86. The number of hydrogen-bond donors (Lipinski definition) is 1. The van der Waals surface area contributed by atoms with E-state index in [1.54, 1.807) is 0 Å². The van der Waals surface area contributed by atoms with E-state index in [-0.39, 0.29) is 12.4 Å². The molecule has 19 heavy (non-hydrogen) atoms. The van der Waals surface area contributed by atoms with Crippen molar-refractivity contribution in [2.45, 2.75) is 32.2 Å². The van der Waals surface area contributed by atoms with Crippen molar-refractivity contribution in [3.63, 3.8) is 0 Å². The third-order valence-corrected chi connectivity index (χ3v) is 4.03. The second-order valence-electron chi connectivity index (χ2n) is 4.95. The van der Waals surface area contributed by atoms with Crippen LogP contribution in [0.5, 0.6) is 0 Å². The molecule has 1 fully saturated rings. The fourth-order valence-corrected chi connectivity index (χ4v) is 3.11. The zero-order chi connectivity index (χ0) is 13.7. The molecule has 5 nitrogen and oxygen atoms in total. The zero-order valence-corrected chi connectivity index (χ0v) is 12.3. The molecule has 0 radical (unpaired) electrons. The summed E-state index contributed by atoms with van der Waals surface area (Å²) in [6.07, 6.45) is 2.87. The minimum atomic E-state index is -0.248. The Morgan fingerprint density at radius 1 is 1.58 bits per heavy atom. The number of hydrogen-bond acceptors (Lipinski definition) is 6. The van der Waals surface area contributed by atoms with Crippen molar-refractivity contribution in [1.82, 2.24) is 9.88 Å². The topological polar surface area (TPSA) is 54.5 Å². The Labute approximate surface area is 118 Å². The molecular weight excluding hydrogens is 262 g/mol. The van der Waals surface area contributed by atoms with Crippen molar-refractivity contribution >= 4 is 22.4 Å². The van der Waals surface area contributed by atoms with Crippen molar-refractivity contribution in [3.8, 4) is 0 Å². The van der Waals surface area contributed by atoms with Crippen molar-refractivity contribution in [1.29, 1.82) is 0 Å². The number of aromatic nitrogens is 1. The predicted molar refractivity (Wildman–Crippen MR) is 76.6 cm³/mol. The lowest BCUT2D eigenvalue weighted by molar-refractivity contribution is -0.139. The van der Waals surface area contributed by atoms with Gasteiger partial charge in [-0.1, -0.05) is 0 Å². The molecule has 1 aromatic heterocycles. The monoisotopic (exact) mass is 283 g/mol. The van der Waals surface area contributed by atoms with Crippen LogP contribution in [-0.2, 0) is 16.0 Å². The molecule has 1 aromatic rings. The largest absolute Gasteiger partial charge is 0.469 e. The van der Waals surface area contributed by atoms with Gasteiger partial charge >= 0.3 is 5.97 Å². The summed E-state index contributed by atoms with van der Waals surface area (Å²) in [6.45, 7) is 5.63. The Bertz CT molecular complexity index is 416. The number of ether oxygens (including phenoxy) is 1. The summed E-state index contributed by atoms with van der Waals surface area (Å²) >= 11 is 1.54. The number of rotatable bonds is 6. The van der Waals surface area contributed by atoms with E-state index in [2.05, 4.69) is 26.9 Å². The Morgan fingerprint density at radius 3 is 3.00 bits per heavy atom. The van der Waals surface area contributed by atoms with Gasteiger partial charge in [0.2, 0.25) is 0 Å². The van der Waals surface area contributed by atoms with Crippen LogP contribution in [0.4, 0.5) is 5.13 Å². The highest BCUT2D eigenvalue weighted by Gasteiger charge is 2.15. The van der Waals surface area contributed by atoms with E-state index < -0.39 is 0 Å². The number of likely N-dealkylation sites (tertiary alicyclic amines) is 1. The summed E-state index contributed by atoms with van der Waals surface area (Å²) in [6, 6.07) is 0.371. The molecule has 0 spiro atoms. The summed E-state index contributed by atoms with van der Waals surface area (Å²) in [7, 11) is 1.39. The van der Waals surface area contributed by atoms with Gasteiger partial charge in [-0.3, -0.25) is 4.79 Å². The maximum atomic E-state index is 11.2. The van der Waals surface area contributed by atoms with E-state index in [0.717, 1.165) is 17.4 Å². The van der Waals surface area contributed by atoms with Crippen LogP contribution in [0.15, 0.2) is 5.38 Å².